The van der Waals surface area contributed by atoms with Crippen molar-refractivity contribution in [3.05, 3.63) is 36.2 Å². The summed E-state index contributed by atoms with van der Waals surface area (Å²) < 4.78 is 6.89. The highest BCUT2D eigenvalue weighted by atomic mass is 32.2. The fourth-order valence-corrected chi connectivity index (χ4v) is 2.23. The van der Waals surface area contributed by atoms with Gasteiger partial charge in [0.25, 0.3) is 11.5 Å². The van der Waals surface area contributed by atoms with Crippen LogP contribution in [0.2, 0.25) is 0 Å². The lowest BCUT2D eigenvalue weighted by molar-refractivity contribution is -0.709. The number of nitrogens with zero attached hydrogens (tertiary/aromatic N) is 2. The van der Waals surface area contributed by atoms with Gasteiger partial charge in [0, 0.05) is 10.7 Å². The molecule has 0 bridgehead atoms. The number of ether oxygens (including phenoxy) is 1. The topological polar surface area (TPSA) is 58.9 Å². The Bertz CT molecular complexity index is 537. The Kier molecular flexibility index (Phi) is 3.99. The minimum absolute atomic E-state index is 0.0808. The van der Waals surface area contributed by atoms with Crippen LogP contribution in [0.5, 0.6) is 5.75 Å². The lowest BCUT2D eigenvalue weighted by Crippen LogP contribution is -2.27. The summed E-state index contributed by atoms with van der Waals surface area (Å²) in [6.07, 6.45) is 1.67. The largest absolute Gasteiger partial charge is 0.497 e. The number of hydrogen-bond donors (Lipinski definition) is 1. The number of thioether (sulfide) groups is 1. The molecule has 0 fully saturated rings. The van der Waals surface area contributed by atoms with E-state index in [1.165, 1.54) is 11.8 Å². The van der Waals surface area contributed by atoms with Gasteiger partial charge in [-0.15, -0.1) is 5.10 Å². The van der Waals surface area contributed by atoms with Gasteiger partial charge in [0.05, 0.1) is 19.9 Å². The van der Waals surface area contributed by atoms with Gasteiger partial charge in [0.15, 0.2) is 5.78 Å². The van der Waals surface area contributed by atoms with Crippen LogP contribution >= 0.6 is 11.8 Å². The fraction of sp³-hybridized carbons (Fsp3) is 0.250. The second-order valence-corrected chi connectivity index (χ2v) is 4.68. The Morgan fingerprint density at radius 3 is 2.72 bits per heavy atom. The standard InChI is InChI=1S/C12H13N3O2S/c1-15-8-13-14-12(15)18-7-11(16)9-3-5-10(17-2)6-4-9/h3-6,8H,7H2,1-2H3/p+1. The summed E-state index contributed by atoms with van der Waals surface area (Å²) in [7, 11) is 3.48. The number of carbonyl (C=O) groups is 1. The SMILES string of the molecule is COc1ccc(C(=O)CSc2[nH]nc[n+]2C)cc1. The van der Waals surface area contributed by atoms with Crippen molar-refractivity contribution in [1.82, 2.24) is 10.2 Å². The molecule has 0 aliphatic heterocycles. The molecule has 94 valence electrons. The number of aromatic nitrogens is 3. The highest BCUT2D eigenvalue weighted by Crippen LogP contribution is 2.15. The number of rotatable bonds is 5. The summed E-state index contributed by atoms with van der Waals surface area (Å²) in [6, 6.07) is 7.12. The van der Waals surface area contributed by atoms with Gasteiger partial charge in [-0.05, 0) is 36.0 Å². The van der Waals surface area contributed by atoms with E-state index in [4.69, 9.17) is 4.74 Å². The van der Waals surface area contributed by atoms with Crippen molar-refractivity contribution in [2.24, 2.45) is 7.05 Å². The van der Waals surface area contributed by atoms with Crippen molar-refractivity contribution in [3.63, 3.8) is 0 Å². The molecule has 0 radical (unpaired) electrons. The summed E-state index contributed by atoms with van der Waals surface area (Å²) >= 11 is 1.43. The van der Waals surface area contributed by atoms with E-state index in [1.807, 2.05) is 11.6 Å². The zero-order chi connectivity index (χ0) is 13.0. The average molecular weight is 264 g/mol. The average Bonchev–Trinajstić information content (AvgIpc) is 2.81. The second-order valence-electron chi connectivity index (χ2n) is 3.71. The molecule has 0 unspecified atom stereocenters. The number of methoxy groups -OCH3 is 1. The van der Waals surface area contributed by atoms with Crippen LogP contribution in [0.1, 0.15) is 10.4 Å². The molecule has 1 aromatic carbocycles. The van der Waals surface area contributed by atoms with Crippen LogP contribution in [-0.2, 0) is 7.05 Å². The molecule has 0 amide bonds. The van der Waals surface area contributed by atoms with Gasteiger partial charge >= 0.3 is 0 Å². The number of aryl methyl sites for hydroxylation is 1. The lowest BCUT2D eigenvalue weighted by atomic mass is 10.1. The first-order chi connectivity index (χ1) is 8.70. The first kappa shape index (κ1) is 12.6. The molecule has 6 heteroatoms. The zero-order valence-electron chi connectivity index (χ0n) is 10.2. The Labute approximate surface area is 109 Å². The predicted octanol–water partition coefficient (Wildman–Crippen LogP) is 1.22. The van der Waals surface area contributed by atoms with E-state index in [0.29, 0.717) is 11.3 Å². The number of Topliss-reactive ketones (excluding diaryl/α,β-unsaturated/α-hetero) is 1. The lowest BCUT2D eigenvalue weighted by Gasteiger charge is -2.01. The first-order valence-corrected chi connectivity index (χ1v) is 6.38. The third kappa shape index (κ3) is 2.89. The fourth-order valence-electron chi connectivity index (χ4n) is 1.43. The van der Waals surface area contributed by atoms with Crippen LogP contribution in [0.3, 0.4) is 0 Å². The van der Waals surface area contributed by atoms with Gasteiger partial charge in [0.1, 0.15) is 5.75 Å². The third-order valence-electron chi connectivity index (χ3n) is 2.46. The van der Waals surface area contributed by atoms with Crippen molar-refractivity contribution in [2.75, 3.05) is 12.9 Å². The Hall–Kier alpha value is -1.82. The highest BCUT2D eigenvalue weighted by molar-refractivity contribution is 7.99. The van der Waals surface area contributed by atoms with Crippen molar-refractivity contribution >= 4 is 17.5 Å². The van der Waals surface area contributed by atoms with Crippen LogP contribution in [0.25, 0.3) is 0 Å². The molecule has 0 atom stereocenters. The maximum absolute atomic E-state index is 11.9. The van der Waals surface area contributed by atoms with E-state index >= 15 is 0 Å². The van der Waals surface area contributed by atoms with E-state index in [0.717, 1.165) is 10.9 Å². The molecule has 0 saturated heterocycles. The number of H-pyrrole nitrogens is 1. The molecule has 2 rings (SSSR count). The monoisotopic (exact) mass is 264 g/mol. The van der Waals surface area contributed by atoms with Gasteiger partial charge in [-0.3, -0.25) is 4.79 Å². The number of hydrogen-bond acceptors (Lipinski definition) is 4. The minimum atomic E-state index is 0.0808. The number of aromatic amines is 1. The van der Waals surface area contributed by atoms with Crippen molar-refractivity contribution < 1.29 is 14.1 Å². The summed E-state index contributed by atoms with van der Waals surface area (Å²) in [6.45, 7) is 0. The Morgan fingerprint density at radius 1 is 1.44 bits per heavy atom. The van der Waals surface area contributed by atoms with E-state index in [-0.39, 0.29) is 5.78 Å². The molecule has 2 aromatic rings. The van der Waals surface area contributed by atoms with Crippen LogP contribution in [0, 0.1) is 0 Å². The molecule has 1 heterocycles. The third-order valence-corrected chi connectivity index (χ3v) is 3.52. The van der Waals surface area contributed by atoms with Crippen molar-refractivity contribution in [1.29, 1.82) is 0 Å². The molecule has 0 aliphatic rings. The maximum Gasteiger partial charge on any atom is 0.293 e. The molecule has 0 aliphatic carbocycles. The van der Waals surface area contributed by atoms with Crippen LogP contribution < -0.4 is 9.30 Å². The van der Waals surface area contributed by atoms with Crippen LogP contribution in [0.15, 0.2) is 35.7 Å². The van der Waals surface area contributed by atoms with Crippen LogP contribution in [-0.4, -0.2) is 28.8 Å². The van der Waals surface area contributed by atoms with E-state index in [1.54, 1.807) is 37.7 Å². The Balaban J connectivity index is 1.97. The molecule has 0 saturated carbocycles. The van der Waals surface area contributed by atoms with E-state index in [2.05, 4.69) is 10.2 Å². The summed E-state index contributed by atoms with van der Waals surface area (Å²) in [5, 5.41) is 7.58. The molecular formula is C12H14N3O2S+. The molecule has 1 aromatic heterocycles. The number of nitrogens with one attached hydrogen (secondary N) is 1. The summed E-state index contributed by atoms with van der Waals surface area (Å²) in [5.74, 6) is 1.21. The zero-order valence-corrected chi connectivity index (χ0v) is 11.0. The molecule has 18 heavy (non-hydrogen) atoms. The first-order valence-electron chi connectivity index (χ1n) is 5.40. The van der Waals surface area contributed by atoms with Crippen molar-refractivity contribution in [2.45, 2.75) is 5.16 Å². The quantitative estimate of drug-likeness (QED) is 0.501. The Morgan fingerprint density at radius 2 is 2.17 bits per heavy atom. The maximum atomic E-state index is 11.9. The molecule has 0 spiro atoms. The van der Waals surface area contributed by atoms with E-state index < -0.39 is 0 Å². The van der Waals surface area contributed by atoms with Gasteiger partial charge in [-0.25, -0.2) is 4.57 Å². The van der Waals surface area contributed by atoms with Gasteiger partial charge in [-0.1, -0.05) is 0 Å². The minimum Gasteiger partial charge on any atom is -0.497 e. The smallest absolute Gasteiger partial charge is 0.293 e. The van der Waals surface area contributed by atoms with Gasteiger partial charge in [-0.2, -0.15) is 0 Å². The summed E-state index contributed by atoms with van der Waals surface area (Å²) in [4.78, 5) is 11.9. The van der Waals surface area contributed by atoms with Crippen LogP contribution in [0.4, 0.5) is 0 Å². The van der Waals surface area contributed by atoms with E-state index in [9.17, 15) is 4.79 Å². The summed E-state index contributed by atoms with van der Waals surface area (Å²) in [5.41, 5.74) is 0.686. The number of benzene rings is 1. The predicted molar refractivity (Wildman–Crippen MR) is 67.8 cm³/mol. The molecular weight excluding hydrogens is 250 g/mol. The van der Waals surface area contributed by atoms with Crippen molar-refractivity contribution in [3.8, 4) is 5.75 Å². The van der Waals surface area contributed by atoms with Gasteiger partial charge < -0.3 is 4.74 Å². The molecule has 5 nitrogen and oxygen atoms in total. The number of carbonyl (C=O) groups excluding carboxylic acids is 1. The normalized spacial score (nSPS) is 10.3. The highest BCUT2D eigenvalue weighted by Gasteiger charge is 2.12. The number of ketones is 1. The van der Waals surface area contributed by atoms with Gasteiger partial charge in [0.2, 0.25) is 0 Å². The molecule has 1 N–H and O–H groups in total. The second kappa shape index (κ2) is 5.68.